The number of nitrogens with one attached hydrogen (secondary N) is 1. The van der Waals surface area contributed by atoms with Crippen LogP contribution in [0.1, 0.15) is 29.3 Å². The molecule has 0 radical (unpaired) electrons. The van der Waals surface area contributed by atoms with E-state index in [0.29, 0.717) is 18.5 Å². The molecule has 108 valence electrons. The molecule has 21 heavy (non-hydrogen) atoms. The smallest absolute Gasteiger partial charge is 0.223 e. The highest BCUT2D eigenvalue weighted by Crippen LogP contribution is 2.44. The minimum atomic E-state index is 0.294. The Morgan fingerprint density at radius 1 is 1.43 bits per heavy atom. The molecule has 2 aromatic heterocycles. The number of nitrogens with zero attached hydrogens (tertiary/aromatic N) is 4. The van der Waals surface area contributed by atoms with E-state index in [1.165, 1.54) is 5.56 Å². The van der Waals surface area contributed by atoms with Gasteiger partial charge in [0.05, 0.1) is 18.3 Å². The van der Waals surface area contributed by atoms with Gasteiger partial charge in [0.25, 0.3) is 0 Å². The average molecular weight is 300 g/mol. The lowest BCUT2D eigenvalue weighted by Crippen LogP contribution is -2.35. The molecule has 4 heterocycles. The van der Waals surface area contributed by atoms with Gasteiger partial charge < -0.3 is 5.73 Å². The molecule has 1 atom stereocenters. The van der Waals surface area contributed by atoms with E-state index in [0.717, 1.165) is 34.3 Å². The summed E-state index contributed by atoms with van der Waals surface area (Å²) >= 11 is 1.76. The van der Waals surface area contributed by atoms with Crippen LogP contribution in [0.5, 0.6) is 0 Å². The molecule has 2 aliphatic heterocycles. The third-order valence-corrected chi connectivity index (χ3v) is 4.79. The Bertz CT molecular complexity index is 687. The second kappa shape index (κ2) is 4.85. The molecule has 0 aliphatic carbocycles. The quantitative estimate of drug-likeness (QED) is 0.819. The second-order valence-electron chi connectivity index (χ2n) is 5.36. The van der Waals surface area contributed by atoms with Gasteiger partial charge in [-0.15, -0.1) is 11.8 Å². The van der Waals surface area contributed by atoms with Gasteiger partial charge in [-0.3, -0.25) is 9.99 Å². The second-order valence-corrected chi connectivity index (χ2v) is 6.44. The van der Waals surface area contributed by atoms with Crippen molar-refractivity contribution in [2.75, 3.05) is 16.5 Å². The van der Waals surface area contributed by atoms with E-state index in [1.807, 2.05) is 24.2 Å². The summed E-state index contributed by atoms with van der Waals surface area (Å²) in [5, 5.41) is 3.06. The van der Waals surface area contributed by atoms with Gasteiger partial charge in [0.2, 0.25) is 5.95 Å². The van der Waals surface area contributed by atoms with Crippen LogP contribution in [-0.2, 0) is 6.54 Å². The van der Waals surface area contributed by atoms with Crippen LogP contribution >= 0.6 is 11.8 Å². The first-order valence-electron chi connectivity index (χ1n) is 6.96. The zero-order valence-electron chi connectivity index (χ0n) is 11.7. The molecule has 0 amide bonds. The van der Waals surface area contributed by atoms with Crippen LogP contribution in [0.25, 0.3) is 0 Å². The van der Waals surface area contributed by atoms with Gasteiger partial charge in [0.15, 0.2) is 5.82 Å². The molecule has 1 unspecified atom stereocenters. The number of thioether (sulfide) groups is 1. The van der Waals surface area contributed by atoms with Crippen molar-refractivity contribution in [3.63, 3.8) is 0 Å². The molecule has 7 heteroatoms. The van der Waals surface area contributed by atoms with Crippen molar-refractivity contribution >= 4 is 23.5 Å². The molecule has 0 aromatic carbocycles. The Kier molecular flexibility index (Phi) is 2.97. The van der Waals surface area contributed by atoms with E-state index in [2.05, 4.69) is 26.4 Å². The fourth-order valence-electron chi connectivity index (χ4n) is 2.74. The van der Waals surface area contributed by atoms with Crippen molar-refractivity contribution in [2.45, 2.75) is 31.0 Å². The van der Waals surface area contributed by atoms with Crippen LogP contribution in [0.4, 0.5) is 11.8 Å². The molecule has 3 N–H and O–H groups in total. The molecule has 0 saturated carbocycles. The van der Waals surface area contributed by atoms with Crippen molar-refractivity contribution in [2.24, 2.45) is 0 Å². The van der Waals surface area contributed by atoms with Crippen LogP contribution in [-0.4, -0.2) is 20.7 Å². The Labute approximate surface area is 127 Å². The summed E-state index contributed by atoms with van der Waals surface area (Å²) in [4.78, 5) is 13.3. The summed E-state index contributed by atoms with van der Waals surface area (Å²) < 4.78 is 0. The maximum Gasteiger partial charge on any atom is 0.223 e. The van der Waals surface area contributed by atoms with E-state index in [1.54, 1.807) is 11.8 Å². The highest BCUT2D eigenvalue weighted by atomic mass is 32.2. The predicted octanol–water partition coefficient (Wildman–Crippen LogP) is 1.82. The zero-order valence-corrected chi connectivity index (χ0v) is 12.5. The molecule has 2 aromatic rings. The summed E-state index contributed by atoms with van der Waals surface area (Å²) in [6.45, 7) is 2.71. The normalized spacial score (nSPS) is 19.7. The van der Waals surface area contributed by atoms with Gasteiger partial charge in [0, 0.05) is 17.5 Å². The van der Waals surface area contributed by atoms with Crippen LogP contribution in [0.2, 0.25) is 0 Å². The largest absolute Gasteiger partial charge is 0.368 e. The third kappa shape index (κ3) is 2.22. The van der Waals surface area contributed by atoms with E-state index in [9.17, 15) is 0 Å². The van der Waals surface area contributed by atoms with Gasteiger partial charge in [-0.25, -0.2) is 10.4 Å². The Morgan fingerprint density at radius 2 is 2.33 bits per heavy atom. The van der Waals surface area contributed by atoms with Gasteiger partial charge in [-0.2, -0.15) is 4.98 Å². The van der Waals surface area contributed by atoms with Crippen LogP contribution < -0.4 is 16.2 Å². The number of hydrogen-bond acceptors (Lipinski definition) is 7. The van der Waals surface area contributed by atoms with Crippen molar-refractivity contribution in [1.82, 2.24) is 20.4 Å². The van der Waals surface area contributed by atoms with Crippen molar-refractivity contribution < 1.29 is 0 Å². The number of rotatable bonds is 2. The maximum absolute atomic E-state index is 5.85. The SMILES string of the molecule is Cc1ccc(CN2NC3CCSc4nc(N)nc2c43)nc1. The molecule has 0 bridgehead atoms. The molecule has 4 rings (SSSR count). The van der Waals surface area contributed by atoms with Crippen molar-refractivity contribution in [1.29, 1.82) is 0 Å². The molecule has 0 saturated heterocycles. The van der Waals surface area contributed by atoms with E-state index in [-0.39, 0.29) is 0 Å². The number of anilines is 2. The van der Waals surface area contributed by atoms with Gasteiger partial charge in [-0.1, -0.05) is 6.07 Å². The third-order valence-electron chi connectivity index (χ3n) is 3.76. The van der Waals surface area contributed by atoms with Crippen molar-refractivity contribution in [3.05, 3.63) is 35.2 Å². The van der Waals surface area contributed by atoms with Crippen LogP contribution in [0.3, 0.4) is 0 Å². The van der Waals surface area contributed by atoms with Gasteiger partial charge in [0.1, 0.15) is 5.03 Å². The molecule has 2 aliphatic rings. The Balaban J connectivity index is 1.69. The lowest BCUT2D eigenvalue weighted by molar-refractivity contribution is 0.520. The van der Waals surface area contributed by atoms with E-state index < -0.39 is 0 Å². The van der Waals surface area contributed by atoms with Crippen LogP contribution in [0, 0.1) is 6.92 Å². The Hall–Kier alpha value is -1.86. The van der Waals surface area contributed by atoms with Gasteiger partial charge in [-0.05, 0) is 25.0 Å². The minimum Gasteiger partial charge on any atom is -0.368 e. The summed E-state index contributed by atoms with van der Waals surface area (Å²) in [5.74, 6) is 2.29. The fourth-order valence-corrected chi connectivity index (χ4v) is 3.84. The lowest BCUT2D eigenvalue weighted by atomic mass is 10.1. The summed E-state index contributed by atoms with van der Waals surface area (Å²) in [6, 6.07) is 4.41. The highest BCUT2D eigenvalue weighted by molar-refractivity contribution is 7.99. The number of nitrogens with two attached hydrogens (primary N) is 1. The summed E-state index contributed by atoms with van der Waals surface area (Å²) in [7, 11) is 0. The molecular weight excluding hydrogens is 284 g/mol. The number of aromatic nitrogens is 3. The van der Waals surface area contributed by atoms with Gasteiger partial charge >= 0.3 is 0 Å². The predicted molar refractivity (Wildman–Crippen MR) is 82.8 cm³/mol. The highest BCUT2D eigenvalue weighted by Gasteiger charge is 2.36. The summed E-state index contributed by atoms with van der Waals surface area (Å²) in [5.41, 5.74) is 12.7. The average Bonchev–Trinajstić information content (AvgIpc) is 2.81. The number of aryl methyl sites for hydroxylation is 1. The first-order chi connectivity index (χ1) is 10.2. The Morgan fingerprint density at radius 3 is 3.14 bits per heavy atom. The zero-order chi connectivity index (χ0) is 14.4. The fraction of sp³-hybridized carbons (Fsp3) is 0.357. The van der Waals surface area contributed by atoms with E-state index >= 15 is 0 Å². The van der Waals surface area contributed by atoms with E-state index in [4.69, 9.17) is 5.73 Å². The monoisotopic (exact) mass is 300 g/mol. The first kappa shape index (κ1) is 12.8. The molecule has 0 fully saturated rings. The standard InChI is InChI=1S/C14H16N6S/c1-8-2-3-9(16-6-8)7-20-12-11-10(19-20)4-5-21-13(11)18-14(15)17-12/h2-3,6,10,19H,4-5,7H2,1H3,(H2,15,17,18). The van der Waals surface area contributed by atoms with Crippen molar-refractivity contribution in [3.8, 4) is 0 Å². The lowest BCUT2D eigenvalue weighted by Gasteiger charge is -2.20. The topological polar surface area (TPSA) is 80.0 Å². The number of pyridine rings is 1. The minimum absolute atomic E-state index is 0.294. The number of hydrogen-bond donors (Lipinski definition) is 2. The number of nitrogen functional groups attached to an aromatic ring is 1. The molecule has 6 nitrogen and oxygen atoms in total. The summed E-state index contributed by atoms with van der Waals surface area (Å²) in [6.07, 6.45) is 2.97. The molecule has 0 spiro atoms. The van der Waals surface area contributed by atoms with Crippen LogP contribution in [0.15, 0.2) is 23.4 Å². The molecular formula is C14H16N6S. The first-order valence-corrected chi connectivity index (χ1v) is 7.95. The number of hydrazine groups is 1. The maximum atomic E-state index is 5.85.